The highest BCUT2D eigenvalue weighted by Gasteiger charge is 2.25. The Kier molecular flexibility index (Phi) is 4.36. The summed E-state index contributed by atoms with van der Waals surface area (Å²) < 4.78 is 13.8. The summed E-state index contributed by atoms with van der Waals surface area (Å²) in [7, 11) is 0. The minimum absolute atomic E-state index is 0.114. The van der Waals surface area contributed by atoms with E-state index >= 15 is 0 Å². The van der Waals surface area contributed by atoms with Crippen molar-refractivity contribution in [3.05, 3.63) is 35.1 Å². The molecule has 1 fully saturated rings. The van der Waals surface area contributed by atoms with Crippen LogP contribution in [0.5, 0.6) is 0 Å². The number of hydrogen-bond donors (Lipinski definition) is 1. The van der Waals surface area contributed by atoms with Gasteiger partial charge in [-0.25, -0.2) is 4.39 Å². The number of piperidine rings is 1. The van der Waals surface area contributed by atoms with Crippen molar-refractivity contribution in [1.82, 2.24) is 4.90 Å². The zero-order chi connectivity index (χ0) is 13.1. The molecule has 18 heavy (non-hydrogen) atoms. The highest BCUT2D eigenvalue weighted by Crippen LogP contribution is 2.25. The van der Waals surface area contributed by atoms with Crippen LogP contribution in [0.25, 0.3) is 0 Å². The van der Waals surface area contributed by atoms with Crippen LogP contribution in [0.4, 0.5) is 4.39 Å². The summed E-state index contributed by atoms with van der Waals surface area (Å²) in [6, 6.07) is 6.28. The average Bonchev–Trinajstić information content (AvgIpc) is 2.36. The summed E-state index contributed by atoms with van der Waals surface area (Å²) in [6.45, 7) is 5.64. The van der Waals surface area contributed by atoms with Gasteiger partial charge in [0.25, 0.3) is 0 Å². The van der Waals surface area contributed by atoms with Crippen LogP contribution in [0.2, 0.25) is 0 Å². The van der Waals surface area contributed by atoms with Crippen LogP contribution in [0.15, 0.2) is 18.2 Å². The summed E-state index contributed by atoms with van der Waals surface area (Å²) in [4.78, 5) is 2.40. The second kappa shape index (κ2) is 5.81. The van der Waals surface area contributed by atoms with Crippen molar-refractivity contribution in [3.8, 4) is 0 Å². The van der Waals surface area contributed by atoms with Crippen LogP contribution in [0.3, 0.4) is 0 Å². The Morgan fingerprint density at radius 3 is 2.56 bits per heavy atom. The number of benzene rings is 1. The highest BCUT2D eigenvalue weighted by molar-refractivity contribution is 5.25. The van der Waals surface area contributed by atoms with Crippen LogP contribution in [-0.4, -0.2) is 17.0 Å². The lowest BCUT2D eigenvalue weighted by molar-refractivity contribution is 0.0940. The SMILES string of the molecule is CC1CCCC(C)N1Cc1cc(CN)ccc1F. The largest absolute Gasteiger partial charge is 0.326 e. The third-order valence-electron chi connectivity index (χ3n) is 4.07. The van der Waals surface area contributed by atoms with Gasteiger partial charge in [0.2, 0.25) is 0 Å². The van der Waals surface area contributed by atoms with E-state index in [9.17, 15) is 4.39 Å². The molecule has 1 aromatic rings. The summed E-state index contributed by atoms with van der Waals surface area (Å²) in [5.74, 6) is -0.114. The second-order valence-corrected chi connectivity index (χ2v) is 5.43. The maximum Gasteiger partial charge on any atom is 0.127 e. The van der Waals surface area contributed by atoms with Gasteiger partial charge >= 0.3 is 0 Å². The normalized spacial score (nSPS) is 25.3. The fraction of sp³-hybridized carbons (Fsp3) is 0.600. The van der Waals surface area contributed by atoms with Gasteiger partial charge in [-0.1, -0.05) is 18.6 Å². The van der Waals surface area contributed by atoms with E-state index in [1.807, 2.05) is 6.07 Å². The molecule has 2 N–H and O–H groups in total. The Morgan fingerprint density at radius 1 is 1.28 bits per heavy atom. The first kappa shape index (κ1) is 13.5. The van der Waals surface area contributed by atoms with Crippen LogP contribution in [0.1, 0.15) is 44.2 Å². The molecular weight excluding hydrogens is 227 g/mol. The van der Waals surface area contributed by atoms with E-state index in [-0.39, 0.29) is 5.82 Å². The summed E-state index contributed by atoms with van der Waals surface area (Å²) in [5.41, 5.74) is 7.40. The smallest absolute Gasteiger partial charge is 0.127 e. The maximum absolute atomic E-state index is 13.8. The number of halogens is 1. The Bertz CT molecular complexity index is 395. The molecule has 0 bridgehead atoms. The molecule has 0 aromatic heterocycles. The van der Waals surface area contributed by atoms with Gasteiger partial charge in [-0.3, -0.25) is 4.90 Å². The van der Waals surface area contributed by atoms with Crippen LogP contribution < -0.4 is 5.73 Å². The summed E-state index contributed by atoms with van der Waals surface area (Å²) >= 11 is 0. The van der Waals surface area contributed by atoms with E-state index in [1.54, 1.807) is 6.07 Å². The Labute approximate surface area is 109 Å². The molecule has 1 aliphatic heterocycles. The van der Waals surface area contributed by atoms with Gasteiger partial charge in [0.05, 0.1) is 0 Å². The predicted octanol–water partition coefficient (Wildman–Crippen LogP) is 3.05. The lowest BCUT2D eigenvalue weighted by Gasteiger charge is -2.39. The van der Waals surface area contributed by atoms with Crippen molar-refractivity contribution in [2.24, 2.45) is 5.73 Å². The van der Waals surface area contributed by atoms with Gasteiger partial charge in [0.15, 0.2) is 0 Å². The van der Waals surface area contributed by atoms with Gasteiger partial charge in [0.1, 0.15) is 5.82 Å². The van der Waals surface area contributed by atoms with E-state index in [0.717, 1.165) is 11.1 Å². The maximum atomic E-state index is 13.8. The van der Waals surface area contributed by atoms with Crippen LogP contribution >= 0.6 is 0 Å². The van der Waals surface area contributed by atoms with Crippen molar-refractivity contribution in [2.75, 3.05) is 0 Å². The molecule has 0 aliphatic carbocycles. The minimum atomic E-state index is -0.114. The standard InChI is InChI=1S/C15H23FN2/c1-11-4-3-5-12(2)18(11)10-14-8-13(9-17)6-7-15(14)16/h6-8,11-12H,3-5,9-10,17H2,1-2H3. The Balaban J connectivity index is 2.16. The molecule has 0 spiro atoms. The lowest BCUT2D eigenvalue weighted by Crippen LogP contribution is -2.43. The Morgan fingerprint density at radius 2 is 1.94 bits per heavy atom. The predicted molar refractivity (Wildman–Crippen MR) is 72.6 cm³/mol. The molecule has 1 aliphatic rings. The summed E-state index contributed by atoms with van der Waals surface area (Å²) in [6.07, 6.45) is 3.70. The van der Waals surface area contributed by atoms with Crippen molar-refractivity contribution in [2.45, 2.75) is 58.3 Å². The fourth-order valence-electron chi connectivity index (χ4n) is 2.86. The minimum Gasteiger partial charge on any atom is -0.326 e. The summed E-state index contributed by atoms with van der Waals surface area (Å²) in [5, 5.41) is 0. The van der Waals surface area contributed by atoms with Gasteiger partial charge < -0.3 is 5.73 Å². The third-order valence-corrected chi connectivity index (χ3v) is 4.07. The molecule has 2 nitrogen and oxygen atoms in total. The quantitative estimate of drug-likeness (QED) is 0.893. The highest BCUT2D eigenvalue weighted by atomic mass is 19.1. The number of rotatable bonds is 3. The van der Waals surface area contributed by atoms with Crippen molar-refractivity contribution in [1.29, 1.82) is 0 Å². The van der Waals surface area contributed by atoms with E-state index in [0.29, 0.717) is 25.2 Å². The number of hydrogen-bond acceptors (Lipinski definition) is 2. The molecule has 0 amide bonds. The van der Waals surface area contributed by atoms with Crippen LogP contribution in [0, 0.1) is 5.82 Å². The fourth-order valence-corrected chi connectivity index (χ4v) is 2.86. The molecular formula is C15H23FN2. The number of nitrogens with two attached hydrogens (primary N) is 1. The van der Waals surface area contributed by atoms with Gasteiger partial charge in [-0.05, 0) is 38.3 Å². The number of nitrogens with zero attached hydrogens (tertiary/aromatic N) is 1. The molecule has 0 saturated carbocycles. The third kappa shape index (κ3) is 2.90. The topological polar surface area (TPSA) is 29.3 Å². The molecule has 2 atom stereocenters. The van der Waals surface area contributed by atoms with Crippen molar-refractivity contribution in [3.63, 3.8) is 0 Å². The van der Waals surface area contributed by atoms with Crippen molar-refractivity contribution < 1.29 is 4.39 Å². The first-order chi connectivity index (χ1) is 8.61. The van der Waals surface area contributed by atoms with Crippen molar-refractivity contribution >= 4 is 0 Å². The number of likely N-dealkylation sites (tertiary alicyclic amines) is 1. The first-order valence-corrected chi connectivity index (χ1v) is 6.85. The van der Waals surface area contributed by atoms with Gasteiger partial charge in [0, 0.05) is 30.7 Å². The second-order valence-electron chi connectivity index (χ2n) is 5.43. The average molecular weight is 250 g/mol. The Hall–Kier alpha value is -0.930. The molecule has 2 rings (SSSR count). The first-order valence-electron chi connectivity index (χ1n) is 6.85. The molecule has 1 heterocycles. The lowest BCUT2D eigenvalue weighted by atomic mass is 9.96. The molecule has 3 heteroatoms. The molecule has 2 unspecified atom stereocenters. The van der Waals surface area contributed by atoms with Gasteiger partial charge in [-0.15, -0.1) is 0 Å². The van der Waals surface area contributed by atoms with Gasteiger partial charge in [-0.2, -0.15) is 0 Å². The van der Waals surface area contributed by atoms with E-state index < -0.39 is 0 Å². The molecule has 1 saturated heterocycles. The molecule has 0 radical (unpaired) electrons. The van der Waals surface area contributed by atoms with Crippen LogP contribution in [-0.2, 0) is 13.1 Å². The molecule has 1 aromatic carbocycles. The van der Waals surface area contributed by atoms with E-state index in [4.69, 9.17) is 5.73 Å². The molecule has 100 valence electrons. The monoisotopic (exact) mass is 250 g/mol. The van der Waals surface area contributed by atoms with E-state index in [1.165, 1.54) is 25.3 Å². The zero-order valence-corrected chi connectivity index (χ0v) is 11.3. The zero-order valence-electron chi connectivity index (χ0n) is 11.3. The van der Waals surface area contributed by atoms with E-state index in [2.05, 4.69) is 18.7 Å².